The highest BCUT2D eigenvalue weighted by atomic mass is 19.1. The summed E-state index contributed by atoms with van der Waals surface area (Å²) in [5.41, 5.74) is 0.554. The molecule has 4 nitrogen and oxygen atoms in total. The van der Waals surface area contributed by atoms with E-state index in [2.05, 4.69) is 5.32 Å². The van der Waals surface area contributed by atoms with Crippen molar-refractivity contribution in [3.63, 3.8) is 0 Å². The highest BCUT2D eigenvalue weighted by molar-refractivity contribution is 5.30. The van der Waals surface area contributed by atoms with E-state index >= 15 is 0 Å². The molecule has 1 fully saturated rings. The Balaban J connectivity index is 1.99. The average Bonchev–Trinajstić information content (AvgIpc) is 2.38. The van der Waals surface area contributed by atoms with E-state index in [0.717, 1.165) is 0 Å². The number of rotatable bonds is 4. The van der Waals surface area contributed by atoms with Crippen molar-refractivity contribution in [1.82, 2.24) is 5.32 Å². The zero-order chi connectivity index (χ0) is 13.8. The van der Waals surface area contributed by atoms with Gasteiger partial charge in [-0.2, -0.15) is 0 Å². The van der Waals surface area contributed by atoms with Crippen LogP contribution in [-0.4, -0.2) is 37.5 Å². The van der Waals surface area contributed by atoms with Gasteiger partial charge in [-0.3, -0.25) is 0 Å². The van der Waals surface area contributed by atoms with Crippen LogP contribution in [0.1, 0.15) is 25.0 Å². The lowest BCUT2D eigenvalue weighted by Crippen LogP contribution is -2.47. The Morgan fingerprint density at radius 3 is 2.95 bits per heavy atom. The van der Waals surface area contributed by atoms with Gasteiger partial charge in [-0.15, -0.1) is 0 Å². The summed E-state index contributed by atoms with van der Waals surface area (Å²) in [6.45, 7) is 3.29. The molecule has 1 aromatic carbocycles. The summed E-state index contributed by atoms with van der Waals surface area (Å²) < 4.78 is 23.9. The third kappa shape index (κ3) is 3.65. The molecule has 19 heavy (non-hydrogen) atoms. The minimum atomic E-state index is -0.716. The molecule has 1 aromatic rings. The molecule has 0 spiro atoms. The average molecular weight is 269 g/mol. The number of nitrogens with one attached hydrogen (secondary N) is 1. The van der Waals surface area contributed by atoms with E-state index in [0.29, 0.717) is 25.2 Å². The predicted octanol–water partition coefficient (Wildman–Crippen LogP) is 1.63. The second-order valence-electron chi connectivity index (χ2n) is 4.95. The molecule has 1 heterocycles. The van der Waals surface area contributed by atoms with E-state index in [-0.39, 0.29) is 17.8 Å². The Kier molecular flexibility index (Phi) is 4.74. The van der Waals surface area contributed by atoms with Crippen molar-refractivity contribution in [3.8, 4) is 5.75 Å². The molecule has 5 heteroatoms. The predicted molar refractivity (Wildman–Crippen MR) is 69.7 cm³/mol. The summed E-state index contributed by atoms with van der Waals surface area (Å²) in [6, 6.07) is 4.89. The van der Waals surface area contributed by atoms with E-state index in [1.165, 1.54) is 19.2 Å². The lowest BCUT2D eigenvalue weighted by molar-refractivity contribution is 0.0303. The fraction of sp³-hybridized carbons (Fsp3) is 0.571. The van der Waals surface area contributed by atoms with Gasteiger partial charge in [0.2, 0.25) is 0 Å². The first kappa shape index (κ1) is 14.2. The maximum atomic E-state index is 13.6. The number of aliphatic hydroxyl groups excluding tert-OH is 1. The fourth-order valence-electron chi connectivity index (χ4n) is 2.32. The maximum Gasteiger partial charge on any atom is 0.165 e. The molecule has 0 bridgehead atoms. The number of hydrogen-bond acceptors (Lipinski definition) is 4. The molecule has 3 unspecified atom stereocenters. The number of benzene rings is 1. The molecule has 0 radical (unpaired) electrons. The summed E-state index contributed by atoms with van der Waals surface area (Å²) in [5.74, 6) is -0.274. The van der Waals surface area contributed by atoms with E-state index in [1.54, 1.807) is 6.07 Å². The van der Waals surface area contributed by atoms with Gasteiger partial charge in [0.1, 0.15) is 0 Å². The molecule has 3 atom stereocenters. The minimum Gasteiger partial charge on any atom is -0.494 e. The van der Waals surface area contributed by atoms with Crippen molar-refractivity contribution in [1.29, 1.82) is 0 Å². The lowest BCUT2D eigenvalue weighted by Gasteiger charge is -2.30. The molecule has 0 saturated carbocycles. The van der Waals surface area contributed by atoms with Gasteiger partial charge in [0.15, 0.2) is 11.6 Å². The monoisotopic (exact) mass is 269 g/mol. The van der Waals surface area contributed by atoms with Crippen LogP contribution in [0.2, 0.25) is 0 Å². The normalized spacial score (nSPS) is 25.1. The lowest BCUT2D eigenvalue weighted by atomic mass is 10.0. The van der Waals surface area contributed by atoms with Crippen LogP contribution < -0.4 is 10.1 Å². The van der Waals surface area contributed by atoms with Crippen LogP contribution in [-0.2, 0) is 4.74 Å². The number of hydrogen-bond donors (Lipinski definition) is 2. The van der Waals surface area contributed by atoms with Gasteiger partial charge < -0.3 is 19.9 Å². The van der Waals surface area contributed by atoms with Crippen LogP contribution in [0.3, 0.4) is 0 Å². The second kappa shape index (κ2) is 6.32. The van der Waals surface area contributed by atoms with Crippen LogP contribution >= 0.6 is 0 Å². The van der Waals surface area contributed by atoms with Crippen LogP contribution in [0.4, 0.5) is 4.39 Å². The molecule has 0 aliphatic carbocycles. The van der Waals surface area contributed by atoms with E-state index in [9.17, 15) is 9.50 Å². The zero-order valence-corrected chi connectivity index (χ0v) is 11.2. The van der Waals surface area contributed by atoms with Gasteiger partial charge in [-0.25, -0.2) is 4.39 Å². The Bertz CT molecular complexity index is 427. The Morgan fingerprint density at radius 2 is 2.32 bits per heavy atom. The fourth-order valence-corrected chi connectivity index (χ4v) is 2.32. The first-order valence-corrected chi connectivity index (χ1v) is 6.45. The van der Waals surface area contributed by atoms with Crippen molar-refractivity contribution in [2.75, 3.05) is 20.3 Å². The quantitative estimate of drug-likeness (QED) is 0.872. The first-order chi connectivity index (χ1) is 9.10. The maximum absolute atomic E-state index is 13.6. The largest absolute Gasteiger partial charge is 0.494 e. The molecule has 1 saturated heterocycles. The number of morpholine rings is 1. The van der Waals surface area contributed by atoms with Gasteiger partial charge in [0.25, 0.3) is 0 Å². The van der Waals surface area contributed by atoms with Crippen LogP contribution in [0.5, 0.6) is 5.75 Å². The van der Waals surface area contributed by atoms with Crippen LogP contribution in [0, 0.1) is 5.82 Å². The van der Waals surface area contributed by atoms with Crippen LogP contribution in [0.25, 0.3) is 0 Å². The molecule has 106 valence electrons. The number of aliphatic hydroxyl groups is 1. The van der Waals surface area contributed by atoms with E-state index < -0.39 is 11.9 Å². The second-order valence-corrected chi connectivity index (χ2v) is 4.95. The number of ether oxygens (including phenoxy) is 2. The van der Waals surface area contributed by atoms with Gasteiger partial charge in [-0.05, 0) is 31.0 Å². The van der Waals surface area contributed by atoms with Crippen molar-refractivity contribution in [3.05, 3.63) is 29.6 Å². The van der Waals surface area contributed by atoms with Crippen molar-refractivity contribution >= 4 is 0 Å². The third-order valence-corrected chi connectivity index (χ3v) is 3.28. The summed E-state index contributed by atoms with van der Waals surface area (Å²) in [6.07, 6.45) is -0.220. The minimum absolute atomic E-state index is 0.0870. The topological polar surface area (TPSA) is 50.7 Å². The molecular weight excluding hydrogens is 249 g/mol. The van der Waals surface area contributed by atoms with Gasteiger partial charge in [-0.1, -0.05) is 6.07 Å². The summed E-state index contributed by atoms with van der Waals surface area (Å²) in [7, 11) is 1.42. The molecule has 1 aliphatic rings. The van der Waals surface area contributed by atoms with Gasteiger partial charge in [0, 0.05) is 12.1 Å². The number of methoxy groups -OCH3 is 1. The van der Waals surface area contributed by atoms with Crippen molar-refractivity contribution < 1.29 is 19.0 Å². The summed E-state index contributed by atoms with van der Waals surface area (Å²) >= 11 is 0. The zero-order valence-electron chi connectivity index (χ0n) is 11.2. The number of halogens is 1. The Labute approximate surface area is 112 Å². The van der Waals surface area contributed by atoms with E-state index in [1.807, 2.05) is 6.92 Å². The van der Waals surface area contributed by atoms with Gasteiger partial charge >= 0.3 is 0 Å². The van der Waals surface area contributed by atoms with Crippen molar-refractivity contribution in [2.24, 2.45) is 0 Å². The van der Waals surface area contributed by atoms with Gasteiger partial charge in [0.05, 0.1) is 26.4 Å². The molecule has 2 N–H and O–H groups in total. The van der Waals surface area contributed by atoms with Crippen LogP contribution in [0.15, 0.2) is 18.2 Å². The molecule has 2 rings (SSSR count). The highest BCUT2D eigenvalue weighted by Crippen LogP contribution is 2.25. The molecule has 0 amide bonds. The summed E-state index contributed by atoms with van der Waals surface area (Å²) in [5, 5.41) is 13.5. The molecule has 0 aromatic heterocycles. The Morgan fingerprint density at radius 1 is 1.53 bits per heavy atom. The van der Waals surface area contributed by atoms with E-state index in [4.69, 9.17) is 9.47 Å². The summed E-state index contributed by atoms with van der Waals surface area (Å²) in [4.78, 5) is 0. The standard InChI is InChI=1S/C14H20FNO3/c1-9-7-19-8-11(16-9)6-13(17)10-3-4-14(18-2)12(15)5-10/h3-5,9,11,13,16-17H,6-8H2,1-2H3. The highest BCUT2D eigenvalue weighted by Gasteiger charge is 2.22. The smallest absolute Gasteiger partial charge is 0.165 e. The molecular formula is C14H20FNO3. The first-order valence-electron chi connectivity index (χ1n) is 6.45. The van der Waals surface area contributed by atoms with Crippen molar-refractivity contribution in [2.45, 2.75) is 31.5 Å². The SMILES string of the molecule is COc1ccc(C(O)CC2COCC(C)N2)cc1F. The third-order valence-electron chi connectivity index (χ3n) is 3.28. The molecule has 1 aliphatic heterocycles. The Hall–Kier alpha value is -1.17.